The second-order valence-electron chi connectivity index (χ2n) is 5.50. The first kappa shape index (κ1) is 18.0. The van der Waals surface area contributed by atoms with Crippen LogP contribution in [0.25, 0.3) is 0 Å². The lowest BCUT2D eigenvalue weighted by Crippen LogP contribution is -2.39. The van der Waals surface area contributed by atoms with Crippen molar-refractivity contribution >= 4 is 27.3 Å². The van der Waals surface area contributed by atoms with E-state index in [4.69, 9.17) is 9.47 Å². The first-order valence-corrected chi connectivity index (χ1v) is 9.45. The van der Waals surface area contributed by atoms with Crippen molar-refractivity contribution in [3.05, 3.63) is 48.3 Å². The van der Waals surface area contributed by atoms with Gasteiger partial charge in [-0.1, -0.05) is 6.07 Å². The number of anilines is 2. The Labute approximate surface area is 150 Å². The minimum absolute atomic E-state index is 0.0549. The van der Waals surface area contributed by atoms with E-state index in [9.17, 15) is 17.6 Å². The molecular weight excluding hydrogens is 363 g/mol. The molecule has 1 N–H and O–H groups in total. The summed E-state index contributed by atoms with van der Waals surface area (Å²) in [5.41, 5.74) is 0.528. The lowest BCUT2D eigenvalue weighted by molar-refractivity contribution is -0.114. The third kappa shape index (κ3) is 3.88. The van der Waals surface area contributed by atoms with Crippen LogP contribution in [0, 0.1) is 5.82 Å². The van der Waals surface area contributed by atoms with Crippen LogP contribution in [0.5, 0.6) is 11.5 Å². The van der Waals surface area contributed by atoms with Crippen LogP contribution in [0.3, 0.4) is 0 Å². The fourth-order valence-corrected chi connectivity index (χ4v) is 3.50. The van der Waals surface area contributed by atoms with E-state index in [1.165, 1.54) is 37.3 Å². The zero-order valence-electron chi connectivity index (χ0n) is 13.9. The number of benzene rings is 2. The van der Waals surface area contributed by atoms with Crippen LogP contribution in [-0.4, -0.2) is 33.4 Å². The van der Waals surface area contributed by atoms with Crippen molar-refractivity contribution in [2.75, 3.05) is 28.7 Å². The van der Waals surface area contributed by atoms with E-state index in [0.717, 1.165) is 10.4 Å². The van der Waals surface area contributed by atoms with Gasteiger partial charge in [0.1, 0.15) is 12.4 Å². The topological polar surface area (TPSA) is 84.9 Å². The number of carbonyl (C=O) groups is 1. The van der Waals surface area contributed by atoms with Crippen molar-refractivity contribution in [1.82, 2.24) is 0 Å². The van der Waals surface area contributed by atoms with E-state index in [0.29, 0.717) is 11.5 Å². The molecule has 1 heterocycles. The number of sulfonamides is 1. The van der Waals surface area contributed by atoms with Gasteiger partial charge in [-0.2, -0.15) is 0 Å². The monoisotopic (exact) mass is 380 g/mol. The molecule has 0 atom stereocenters. The molecule has 2 aromatic carbocycles. The summed E-state index contributed by atoms with van der Waals surface area (Å²) in [6.07, 6.45) is 0. The Morgan fingerprint density at radius 2 is 1.96 bits per heavy atom. The number of fused-ring (bicyclic) bond motifs is 1. The van der Waals surface area contributed by atoms with Gasteiger partial charge < -0.3 is 14.8 Å². The lowest BCUT2D eigenvalue weighted by atomic mass is 10.2. The van der Waals surface area contributed by atoms with Gasteiger partial charge in [0.25, 0.3) is 0 Å². The van der Waals surface area contributed by atoms with Crippen molar-refractivity contribution in [1.29, 1.82) is 0 Å². The maximum atomic E-state index is 13.2. The molecule has 1 aliphatic heterocycles. The normalized spacial score (nSPS) is 12.7. The van der Waals surface area contributed by atoms with Crippen LogP contribution in [0.1, 0.15) is 6.92 Å². The molecule has 0 fully saturated rings. The number of hydrogen-bond donors (Lipinski definition) is 1. The molecule has 9 heteroatoms. The summed E-state index contributed by atoms with van der Waals surface area (Å²) in [4.78, 5) is 12.3. The number of rotatable bonds is 6. The second kappa shape index (κ2) is 7.20. The Morgan fingerprint density at radius 3 is 2.69 bits per heavy atom. The predicted octanol–water partition coefficient (Wildman–Crippen LogP) is 2.35. The summed E-state index contributed by atoms with van der Waals surface area (Å²) in [7, 11) is -3.72. The van der Waals surface area contributed by atoms with Gasteiger partial charge in [-0.3, -0.25) is 9.10 Å². The van der Waals surface area contributed by atoms with Crippen LogP contribution < -0.4 is 19.1 Å². The molecule has 3 rings (SSSR count). The molecule has 138 valence electrons. The van der Waals surface area contributed by atoms with Crippen LogP contribution in [0.2, 0.25) is 0 Å². The number of halogens is 1. The Balaban J connectivity index is 1.84. The van der Waals surface area contributed by atoms with Crippen molar-refractivity contribution < 1.29 is 27.1 Å². The molecule has 0 radical (unpaired) electrons. The number of hydrogen-bond acceptors (Lipinski definition) is 5. The van der Waals surface area contributed by atoms with Crippen LogP contribution >= 0.6 is 0 Å². The van der Waals surface area contributed by atoms with Gasteiger partial charge in [0, 0.05) is 11.8 Å². The van der Waals surface area contributed by atoms with E-state index in [2.05, 4.69) is 5.32 Å². The van der Waals surface area contributed by atoms with E-state index >= 15 is 0 Å². The Morgan fingerprint density at radius 1 is 1.19 bits per heavy atom. The molecule has 0 saturated heterocycles. The van der Waals surface area contributed by atoms with Crippen LogP contribution in [0.4, 0.5) is 15.8 Å². The second-order valence-corrected chi connectivity index (χ2v) is 7.69. The molecule has 7 nitrogen and oxygen atoms in total. The maximum absolute atomic E-state index is 13.2. The zero-order valence-corrected chi connectivity index (χ0v) is 14.8. The molecule has 0 saturated carbocycles. The fraction of sp³-hybridized carbons (Fsp3) is 0.235. The van der Waals surface area contributed by atoms with Gasteiger partial charge in [-0.05, 0) is 37.3 Å². The summed E-state index contributed by atoms with van der Waals surface area (Å²) in [6.45, 7) is 1.09. The highest BCUT2D eigenvalue weighted by molar-refractivity contribution is 7.92. The van der Waals surface area contributed by atoms with Crippen molar-refractivity contribution in [2.24, 2.45) is 0 Å². The average molecular weight is 380 g/mol. The standard InChI is InChI=1S/C17H17FN2O5S/c1-2-26(22,23)20(14-6-7-15-16(9-14)25-11-24-15)10-17(21)19-13-5-3-4-12(18)8-13/h3-9H,2,10-11H2,1H3,(H,19,21). The number of amides is 1. The van der Waals surface area contributed by atoms with E-state index in [1.807, 2.05) is 0 Å². The number of nitrogens with zero attached hydrogens (tertiary/aromatic N) is 1. The molecule has 0 unspecified atom stereocenters. The lowest BCUT2D eigenvalue weighted by Gasteiger charge is -2.23. The van der Waals surface area contributed by atoms with Gasteiger partial charge >= 0.3 is 0 Å². The summed E-state index contributed by atoms with van der Waals surface area (Å²) >= 11 is 0. The number of carbonyl (C=O) groups excluding carboxylic acids is 1. The summed E-state index contributed by atoms with van der Waals surface area (Å²) < 4.78 is 49.6. The van der Waals surface area contributed by atoms with Crippen molar-refractivity contribution in [2.45, 2.75) is 6.92 Å². The smallest absolute Gasteiger partial charge is 0.245 e. The van der Waals surface area contributed by atoms with E-state index in [-0.39, 0.29) is 23.9 Å². The third-order valence-corrected chi connectivity index (χ3v) is 5.48. The highest BCUT2D eigenvalue weighted by Crippen LogP contribution is 2.36. The van der Waals surface area contributed by atoms with Crippen LogP contribution in [0.15, 0.2) is 42.5 Å². The third-order valence-electron chi connectivity index (χ3n) is 3.74. The minimum atomic E-state index is -3.72. The largest absolute Gasteiger partial charge is 0.454 e. The molecule has 0 spiro atoms. The predicted molar refractivity (Wildman–Crippen MR) is 94.4 cm³/mol. The summed E-state index contributed by atoms with van der Waals surface area (Å²) in [5, 5.41) is 2.49. The van der Waals surface area contributed by atoms with Gasteiger partial charge in [0.15, 0.2) is 11.5 Å². The van der Waals surface area contributed by atoms with E-state index < -0.39 is 28.3 Å². The zero-order chi connectivity index (χ0) is 18.7. The molecule has 0 aliphatic carbocycles. The maximum Gasteiger partial charge on any atom is 0.245 e. The Bertz CT molecular complexity index is 933. The molecule has 2 aromatic rings. The average Bonchev–Trinajstić information content (AvgIpc) is 3.07. The molecule has 1 aliphatic rings. The molecule has 0 aromatic heterocycles. The van der Waals surface area contributed by atoms with Gasteiger partial charge in [-0.25, -0.2) is 12.8 Å². The van der Waals surface area contributed by atoms with E-state index in [1.54, 1.807) is 6.07 Å². The number of ether oxygens (including phenoxy) is 2. The SMILES string of the molecule is CCS(=O)(=O)N(CC(=O)Nc1cccc(F)c1)c1ccc2c(c1)OCO2. The first-order chi connectivity index (χ1) is 12.4. The number of nitrogens with one attached hydrogen (secondary N) is 1. The molecule has 0 bridgehead atoms. The first-order valence-electron chi connectivity index (χ1n) is 7.84. The molecular formula is C17H17FN2O5S. The Hall–Kier alpha value is -2.81. The van der Waals surface area contributed by atoms with Crippen LogP contribution in [-0.2, 0) is 14.8 Å². The quantitative estimate of drug-likeness (QED) is 0.832. The van der Waals surface area contributed by atoms with Crippen molar-refractivity contribution in [3.63, 3.8) is 0 Å². The van der Waals surface area contributed by atoms with Gasteiger partial charge in [-0.15, -0.1) is 0 Å². The van der Waals surface area contributed by atoms with Gasteiger partial charge in [0.2, 0.25) is 22.7 Å². The van der Waals surface area contributed by atoms with Crippen molar-refractivity contribution in [3.8, 4) is 11.5 Å². The summed E-state index contributed by atoms with van der Waals surface area (Å²) in [5.74, 6) is -0.368. The highest BCUT2D eigenvalue weighted by atomic mass is 32.2. The molecule has 26 heavy (non-hydrogen) atoms. The fourth-order valence-electron chi connectivity index (χ4n) is 2.44. The molecule has 1 amide bonds. The highest BCUT2D eigenvalue weighted by Gasteiger charge is 2.25. The minimum Gasteiger partial charge on any atom is -0.454 e. The Kier molecular flexibility index (Phi) is 4.99. The van der Waals surface area contributed by atoms with Gasteiger partial charge in [0.05, 0.1) is 11.4 Å². The summed E-state index contributed by atoms with van der Waals surface area (Å²) in [6, 6.07) is 9.98.